The number of carbonyl (C=O) groups excluding carboxylic acids is 1. The molecule has 1 saturated heterocycles. The SMILES string of the molecule is Cc1ccc(S(=O)(=O)N2CCN(CC(=O)Nc3ccccc3)CC2)cc1C(F)(F)F. The minimum Gasteiger partial charge on any atom is -0.325 e. The second-order valence-electron chi connectivity index (χ2n) is 7.07. The highest BCUT2D eigenvalue weighted by molar-refractivity contribution is 7.89. The van der Waals surface area contributed by atoms with Gasteiger partial charge >= 0.3 is 6.18 Å². The second kappa shape index (κ2) is 8.75. The van der Waals surface area contributed by atoms with Crippen LogP contribution in [0.2, 0.25) is 0 Å². The molecule has 0 spiro atoms. The predicted molar refractivity (Wildman–Crippen MR) is 106 cm³/mol. The largest absolute Gasteiger partial charge is 0.416 e. The highest BCUT2D eigenvalue weighted by Gasteiger charge is 2.35. The number of sulfonamides is 1. The molecule has 0 unspecified atom stereocenters. The van der Waals surface area contributed by atoms with Crippen molar-refractivity contribution in [2.45, 2.75) is 18.0 Å². The fraction of sp³-hybridized carbons (Fsp3) is 0.350. The van der Waals surface area contributed by atoms with Crippen LogP contribution in [-0.4, -0.2) is 56.3 Å². The first-order valence-electron chi connectivity index (χ1n) is 9.32. The summed E-state index contributed by atoms with van der Waals surface area (Å²) < 4.78 is 66.2. The van der Waals surface area contributed by atoms with Crippen LogP contribution in [0.1, 0.15) is 11.1 Å². The predicted octanol–water partition coefficient (Wildman–Crippen LogP) is 2.96. The molecule has 162 valence electrons. The van der Waals surface area contributed by atoms with Gasteiger partial charge in [-0.1, -0.05) is 24.3 Å². The number of aryl methyl sites for hydroxylation is 1. The summed E-state index contributed by atoms with van der Waals surface area (Å²) in [7, 11) is -4.06. The molecular weight excluding hydrogens is 419 g/mol. The van der Waals surface area contributed by atoms with Crippen molar-refractivity contribution in [1.29, 1.82) is 0 Å². The van der Waals surface area contributed by atoms with Crippen LogP contribution in [0.15, 0.2) is 53.4 Å². The van der Waals surface area contributed by atoms with Crippen molar-refractivity contribution in [2.75, 3.05) is 38.0 Å². The van der Waals surface area contributed by atoms with E-state index in [0.29, 0.717) is 24.8 Å². The third-order valence-corrected chi connectivity index (χ3v) is 6.80. The van der Waals surface area contributed by atoms with Crippen LogP contribution in [0.3, 0.4) is 0 Å². The van der Waals surface area contributed by atoms with E-state index in [4.69, 9.17) is 0 Å². The highest BCUT2D eigenvalue weighted by atomic mass is 32.2. The highest BCUT2D eigenvalue weighted by Crippen LogP contribution is 2.33. The summed E-state index contributed by atoms with van der Waals surface area (Å²) in [4.78, 5) is 13.6. The van der Waals surface area contributed by atoms with Crippen molar-refractivity contribution in [2.24, 2.45) is 0 Å². The van der Waals surface area contributed by atoms with Crippen molar-refractivity contribution in [3.8, 4) is 0 Å². The first-order valence-corrected chi connectivity index (χ1v) is 10.8. The Kier molecular flexibility index (Phi) is 6.49. The Morgan fingerprint density at radius 3 is 2.27 bits per heavy atom. The molecule has 0 saturated carbocycles. The third kappa shape index (κ3) is 5.18. The first-order chi connectivity index (χ1) is 14.1. The molecule has 0 atom stereocenters. The van der Waals surface area contributed by atoms with Gasteiger partial charge in [-0.05, 0) is 36.8 Å². The summed E-state index contributed by atoms with van der Waals surface area (Å²) in [6.45, 7) is 2.19. The normalized spacial score (nSPS) is 16.4. The maximum absolute atomic E-state index is 13.1. The van der Waals surface area contributed by atoms with Crippen LogP contribution < -0.4 is 5.32 Å². The van der Waals surface area contributed by atoms with E-state index >= 15 is 0 Å². The number of halogens is 3. The molecule has 1 amide bonds. The van der Waals surface area contributed by atoms with Crippen molar-refractivity contribution in [3.63, 3.8) is 0 Å². The summed E-state index contributed by atoms with van der Waals surface area (Å²) in [5, 5.41) is 2.76. The molecule has 0 radical (unpaired) electrons. The van der Waals surface area contributed by atoms with Gasteiger partial charge in [0.2, 0.25) is 15.9 Å². The minimum absolute atomic E-state index is 0.0318. The Labute approximate surface area is 173 Å². The van der Waals surface area contributed by atoms with Crippen LogP contribution in [0.4, 0.5) is 18.9 Å². The molecule has 30 heavy (non-hydrogen) atoms. The number of benzene rings is 2. The zero-order chi connectivity index (χ0) is 21.9. The zero-order valence-corrected chi connectivity index (χ0v) is 17.1. The fourth-order valence-electron chi connectivity index (χ4n) is 3.27. The standard InChI is InChI=1S/C20H22F3N3O3S/c1-15-7-8-17(13-18(15)20(21,22)23)30(28,29)26-11-9-25(10-12-26)14-19(27)24-16-5-3-2-4-6-16/h2-8,13H,9-12,14H2,1H3,(H,24,27). The second-order valence-corrected chi connectivity index (χ2v) is 9.01. The Hall–Kier alpha value is -2.43. The van der Waals surface area contributed by atoms with E-state index in [1.807, 2.05) is 6.07 Å². The summed E-state index contributed by atoms with van der Waals surface area (Å²) in [5.41, 5.74) is -0.320. The number of anilines is 1. The number of rotatable bonds is 5. The van der Waals surface area contributed by atoms with Crippen LogP contribution in [-0.2, 0) is 21.0 Å². The van der Waals surface area contributed by atoms with Crippen molar-refractivity contribution < 1.29 is 26.4 Å². The van der Waals surface area contributed by atoms with Gasteiger partial charge in [0.1, 0.15) is 0 Å². The van der Waals surface area contributed by atoms with Gasteiger partial charge in [-0.15, -0.1) is 0 Å². The lowest BCUT2D eigenvalue weighted by molar-refractivity contribution is -0.138. The van der Waals surface area contributed by atoms with Gasteiger partial charge in [-0.25, -0.2) is 8.42 Å². The van der Waals surface area contributed by atoms with Gasteiger partial charge in [0.05, 0.1) is 17.0 Å². The van der Waals surface area contributed by atoms with Gasteiger partial charge < -0.3 is 5.32 Å². The molecule has 1 heterocycles. The van der Waals surface area contributed by atoms with Gasteiger partial charge in [-0.2, -0.15) is 17.5 Å². The van der Waals surface area contributed by atoms with Crippen LogP contribution in [0.5, 0.6) is 0 Å². The molecule has 1 aliphatic heterocycles. The lowest BCUT2D eigenvalue weighted by atomic mass is 10.1. The molecular formula is C20H22F3N3O3S. The number of piperazine rings is 1. The third-order valence-electron chi connectivity index (χ3n) is 4.91. The molecule has 2 aromatic carbocycles. The Morgan fingerprint density at radius 1 is 1.03 bits per heavy atom. The molecule has 0 bridgehead atoms. The summed E-state index contributed by atoms with van der Waals surface area (Å²) in [6.07, 6.45) is -4.62. The lowest BCUT2D eigenvalue weighted by Crippen LogP contribution is -2.50. The van der Waals surface area contributed by atoms with Gasteiger partial charge in [0, 0.05) is 31.9 Å². The van der Waals surface area contributed by atoms with E-state index < -0.39 is 21.8 Å². The minimum atomic E-state index is -4.62. The molecule has 0 aliphatic carbocycles. The number of hydrogen-bond donors (Lipinski definition) is 1. The first kappa shape index (κ1) is 22.3. The number of hydrogen-bond acceptors (Lipinski definition) is 4. The maximum atomic E-state index is 13.1. The molecule has 6 nitrogen and oxygen atoms in total. The molecule has 1 N–H and O–H groups in total. The number of nitrogens with zero attached hydrogens (tertiary/aromatic N) is 2. The molecule has 1 aliphatic rings. The van der Waals surface area contributed by atoms with E-state index in [1.165, 1.54) is 19.1 Å². The Bertz CT molecular complexity index is 1000. The molecule has 3 rings (SSSR count). The number of nitrogens with one attached hydrogen (secondary N) is 1. The maximum Gasteiger partial charge on any atom is 0.416 e. The Balaban J connectivity index is 1.62. The van der Waals surface area contributed by atoms with Crippen LogP contribution in [0.25, 0.3) is 0 Å². The number of carbonyl (C=O) groups is 1. The number of alkyl halides is 3. The van der Waals surface area contributed by atoms with Crippen LogP contribution >= 0.6 is 0 Å². The lowest BCUT2D eigenvalue weighted by Gasteiger charge is -2.33. The zero-order valence-electron chi connectivity index (χ0n) is 16.3. The molecule has 10 heteroatoms. The monoisotopic (exact) mass is 441 g/mol. The van der Waals surface area contributed by atoms with Gasteiger partial charge in [0.25, 0.3) is 0 Å². The number of amides is 1. The van der Waals surface area contributed by atoms with Crippen LogP contribution in [0, 0.1) is 6.92 Å². The van der Waals surface area contributed by atoms with Crippen molar-refractivity contribution in [3.05, 3.63) is 59.7 Å². The average molecular weight is 441 g/mol. The molecule has 1 fully saturated rings. The molecule has 2 aromatic rings. The van der Waals surface area contributed by atoms with E-state index in [2.05, 4.69) is 5.32 Å². The Morgan fingerprint density at radius 2 is 1.67 bits per heavy atom. The number of para-hydroxylation sites is 1. The van der Waals surface area contributed by atoms with Crippen molar-refractivity contribution in [1.82, 2.24) is 9.21 Å². The summed E-state index contributed by atoms with van der Waals surface area (Å²) in [6, 6.07) is 12.0. The summed E-state index contributed by atoms with van der Waals surface area (Å²) >= 11 is 0. The van der Waals surface area contributed by atoms with E-state index in [1.54, 1.807) is 29.2 Å². The fourth-order valence-corrected chi connectivity index (χ4v) is 4.72. The molecule has 0 aromatic heterocycles. The van der Waals surface area contributed by atoms with E-state index in [-0.39, 0.29) is 36.0 Å². The smallest absolute Gasteiger partial charge is 0.325 e. The van der Waals surface area contributed by atoms with Gasteiger partial charge in [0.15, 0.2) is 0 Å². The van der Waals surface area contributed by atoms with E-state index in [9.17, 15) is 26.4 Å². The van der Waals surface area contributed by atoms with Crippen molar-refractivity contribution >= 4 is 21.6 Å². The average Bonchev–Trinajstić information content (AvgIpc) is 2.68. The quantitative estimate of drug-likeness (QED) is 0.775. The summed E-state index contributed by atoms with van der Waals surface area (Å²) in [5.74, 6) is -0.217. The van der Waals surface area contributed by atoms with Gasteiger partial charge in [-0.3, -0.25) is 9.69 Å². The topological polar surface area (TPSA) is 69.7 Å². The van der Waals surface area contributed by atoms with E-state index in [0.717, 1.165) is 4.31 Å².